The maximum absolute atomic E-state index is 12.7. The van der Waals surface area contributed by atoms with Crippen LogP contribution >= 0.6 is 0 Å². The molecule has 29 heavy (non-hydrogen) atoms. The molecule has 160 valence electrons. The molecule has 0 saturated carbocycles. The minimum Gasteiger partial charge on any atom is -0.377 e. The number of hydrogen-bond donors (Lipinski definition) is 0. The second-order valence-corrected chi connectivity index (χ2v) is 9.95. The minimum absolute atomic E-state index is 0.0445. The van der Waals surface area contributed by atoms with E-state index in [1.54, 1.807) is 40.1 Å². The first-order valence-corrected chi connectivity index (χ1v) is 11.4. The van der Waals surface area contributed by atoms with Gasteiger partial charge in [0.2, 0.25) is 21.8 Å². The highest BCUT2D eigenvalue weighted by Gasteiger charge is 2.34. The van der Waals surface area contributed by atoms with Crippen molar-refractivity contribution in [2.45, 2.75) is 37.1 Å². The van der Waals surface area contributed by atoms with E-state index >= 15 is 0 Å². The van der Waals surface area contributed by atoms with Gasteiger partial charge in [-0.2, -0.15) is 4.31 Å². The van der Waals surface area contributed by atoms with Crippen LogP contribution in [-0.4, -0.2) is 85.8 Å². The lowest BCUT2D eigenvalue weighted by Gasteiger charge is -2.42. The van der Waals surface area contributed by atoms with E-state index in [4.69, 9.17) is 4.74 Å². The summed E-state index contributed by atoms with van der Waals surface area (Å²) in [7, 11) is -3.54. The summed E-state index contributed by atoms with van der Waals surface area (Å²) in [6, 6.07) is 8.31. The first-order chi connectivity index (χ1) is 13.7. The van der Waals surface area contributed by atoms with Crippen LogP contribution in [0.4, 0.5) is 0 Å². The Balaban J connectivity index is 1.50. The van der Waals surface area contributed by atoms with Crippen molar-refractivity contribution in [2.75, 3.05) is 45.9 Å². The average molecular weight is 424 g/mol. The highest BCUT2D eigenvalue weighted by atomic mass is 32.2. The third kappa shape index (κ3) is 4.96. The first kappa shape index (κ1) is 21.7. The van der Waals surface area contributed by atoms with E-state index in [1.807, 2.05) is 13.8 Å². The molecule has 0 aromatic heterocycles. The third-order valence-corrected chi connectivity index (χ3v) is 7.38. The van der Waals surface area contributed by atoms with Gasteiger partial charge in [0.1, 0.15) is 0 Å². The topological polar surface area (TPSA) is 87.2 Å². The number of piperazine rings is 1. The lowest BCUT2D eigenvalue weighted by Crippen LogP contribution is -2.55. The highest BCUT2D eigenvalue weighted by molar-refractivity contribution is 7.89. The summed E-state index contributed by atoms with van der Waals surface area (Å²) in [4.78, 5) is 28.8. The number of benzene rings is 1. The SMILES string of the molecule is CC1(C)COCCN1C(=O)CCC(=O)N1CCN(S(=O)(=O)c2ccccc2)CC1. The molecule has 8 nitrogen and oxygen atoms in total. The molecule has 2 aliphatic rings. The van der Waals surface area contributed by atoms with Crippen LogP contribution in [0.15, 0.2) is 35.2 Å². The van der Waals surface area contributed by atoms with Gasteiger partial charge >= 0.3 is 0 Å². The van der Waals surface area contributed by atoms with Gasteiger partial charge in [-0.3, -0.25) is 9.59 Å². The number of hydrogen-bond acceptors (Lipinski definition) is 5. The second-order valence-electron chi connectivity index (χ2n) is 8.01. The van der Waals surface area contributed by atoms with Crippen molar-refractivity contribution < 1.29 is 22.7 Å². The van der Waals surface area contributed by atoms with Crippen LogP contribution in [0.3, 0.4) is 0 Å². The molecule has 0 aliphatic carbocycles. The zero-order valence-electron chi connectivity index (χ0n) is 17.0. The van der Waals surface area contributed by atoms with E-state index in [0.29, 0.717) is 32.8 Å². The van der Waals surface area contributed by atoms with Gasteiger partial charge in [0.25, 0.3) is 0 Å². The zero-order valence-corrected chi connectivity index (χ0v) is 17.9. The van der Waals surface area contributed by atoms with Crippen LogP contribution in [0.25, 0.3) is 0 Å². The summed E-state index contributed by atoms with van der Waals surface area (Å²) in [6.07, 6.45) is 0.294. The number of carbonyl (C=O) groups is 2. The quantitative estimate of drug-likeness (QED) is 0.703. The Morgan fingerprint density at radius 2 is 1.59 bits per heavy atom. The van der Waals surface area contributed by atoms with Crippen molar-refractivity contribution in [1.82, 2.24) is 14.1 Å². The number of nitrogens with zero attached hydrogens (tertiary/aromatic N) is 3. The smallest absolute Gasteiger partial charge is 0.243 e. The van der Waals surface area contributed by atoms with E-state index in [9.17, 15) is 18.0 Å². The van der Waals surface area contributed by atoms with Crippen molar-refractivity contribution in [3.63, 3.8) is 0 Å². The fourth-order valence-corrected chi connectivity index (χ4v) is 5.19. The zero-order chi connectivity index (χ0) is 21.1. The lowest BCUT2D eigenvalue weighted by molar-refractivity contribution is -0.148. The predicted octanol–water partition coefficient (Wildman–Crippen LogP) is 0.937. The fraction of sp³-hybridized carbons (Fsp3) is 0.600. The molecule has 2 amide bonds. The van der Waals surface area contributed by atoms with Crippen molar-refractivity contribution in [2.24, 2.45) is 0 Å². The monoisotopic (exact) mass is 423 g/mol. The molecule has 0 unspecified atom stereocenters. The van der Waals surface area contributed by atoms with Crippen molar-refractivity contribution in [3.05, 3.63) is 30.3 Å². The molecule has 0 spiro atoms. The Morgan fingerprint density at radius 1 is 0.966 bits per heavy atom. The second kappa shape index (κ2) is 8.81. The van der Waals surface area contributed by atoms with Crippen LogP contribution in [0, 0.1) is 0 Å². The van der Waals surface area contributed by atoms with Crippen LogP contribution in [0.2, 0.25) is 0 Å². The van der Waals surface area contributed by atoms with Gasteiger partial charge in [0.05, 0.1) is 23.6 Å². The molecule has 3 rings (SSSR count). The van der Waals surface area contributed by atoms with Gasteiger partial charge < -0.3 is 14.5 Å². The Labute approximate surface area is 172 Å². The predicted molar refractivity (Wildman–Crippen MR) is 108 cm³/mol. The maximum Gasteiger partial charge on any atom is 0.243 e. The maximum atomic E-state index is 12.7. The van der Waals surface area contributed by atoms with Gasteiger partial charge in [0.15, 0.2) is 0 Å². The third-order valence-electron chi connectivity index (χ3n) is 5.47. The van der Waals surface area contributed by atoms with Gasteiger partial charge in [0, 0.05) is 45.6 Å². The molecule has 1 aromatic rings. The Hall–Kier alpha value is -1.97. The summed E-state index contributed by atoms with van der Waals surface area (Å²) in [5.41, 5.74) is -0.365. The van der Waals surface area contributed by atoms with E-state index in [2.05, 4.69) is 0 Å². The molecular formula is C20H29N3O5S. The lowest BCUT2D eigenvalue weighted by atomic mass is 10.0. The molecular weight excluding hydrogens is 394 g/mol. The van der Waals surface area contributed by atoms with Gasteiger partial charge in [-0.25, -0.2) is 8.42 Å². The van der Waals surface area contributed by atoms with E-state index < -0.39 is 10.0 Å². The Kier molecular flexibility index (Phi) is 6.60. The number of sulfonamides is 1. The summed E-state index contributed by atoms with van der Waals surface area (Å²) in [6.45, 7) is 6.64. The molecule has 2 saturated heterocycles. The largest absolute Gasteiger partial charge is 0.377 e. The normalized spacial score (nSPS) is 20.5. The molecule has 0 N–H and O–H groups in total. The van der Waals surface area contributed by atoms with Crippen molar-refractivity contribution in [3.8, 4) is 0 Å². The first-order valence-electron chi connectivity index (χ1n) is 9.93. The standard InChI is InChI=1S/C20H29N3O5S/c1-20(2)16-28-15-14-23(20)19(25)9-8-18(24)21-10-12-22(13-11-21)29(26,27)17-6-4-3-5-7-17/h3-7H,8-16H2,1-2H3. The molecule has 2 heterocycles. The van der Waals surface area contributed by atoms with E-state index in [-0.39, 0.29) is 48.2 Å². The fourth-order valence-electron chi connectivity index (χ4n) is 3.75. The highest BCUT2D eigenvalue weighted by Crippen LogP contribution is 2.21. The van der Waals surface area contributed by atoms with Crippen LogP contribution in [0.1, 0.15) is 26.7 Å². The molecule has 9 heteroatoms. The van der Waals surface area contributed by atoms with Crippen molar-refractivity contribution in [1.29, 1.82) is 0 Å². The van der Waals surface area contributed by atoms with Gasteiger partial charge in [-0.05, 0) is 26.0 Å². The van der Waals surface area contributed by atoms with Crippen molar-refractivity contribution >= 4 is 21.8 Å². The summed E-state index contributed by atoms with van der Waals surface area (Å²) in [5, 5.41) is 0. The molecule has 0 atom stereocenters. The summed E-state index contributed by atoms with van der Waals surface area (Å²) in [5.74, 6) is -0.155. The van der Waals surface area contributed by atoms with E-state index in [0.717, 1.165) is 0 Å². The molecule has 0 bridgehead atoms. The van der Waals surface area contributed by atoms with Crippen LogP contribution < -0.4 is 0 Å². The summed E-state index contributed by atoms with van der Waals surface area (Å²) < 4.78 is 32.2. The number of morpholine rings is 1. The molecule has 1 aromatic carbocycles. The van der Waals surface area contributed by atoms with E-state index in [1.165, 1.54) is 4.31 Å². The van der Waals surface area contributed by atoms with Gasteiger partial charge in [-0.1, -0.05) is 18.2 Å². The number of ether oxygens (including phenoxy) is 1. The molecule has 0 radical (unpaired) electrons. The number of carbonyl (C=O) groups excluding carboxylic acids is 2. The van der Waals surface area contributed by atoms with Gasteiger partial charge in [-0.15, -0.1) is 0 Å². The van der Waals surface area contributed by atoms with Crippen LogP contribution in [-0.2, 0) is 24.3 Å². The number of amides is 2. The molecule has 2 fully saturated rings. The van der Waals surface area contributed by atoms with Crippen LogP contribution in [0.5, 0.6) is 0 Å². The minimum atomic E-state index is -3.54. The Bertz CT molecular complexity index is 833. The number of rotatable bonds is 5. The average Bonchev–Trinajstić information content (AvgIpc) is 2.72. The Morgan fingerprint density at radius 3 is 2.21 bits per heavy atom. The summed E-state index contributed by atoms with van der Waals surface area (Å²) >= 11 is 0. The molecule has 2 aliphatic heterocycles.